The Hall–Kier alpha value is -1.74. The van der Waals surface area contributed by atoms with Gasteiger partial charge in [0.25, 0.3) is 0 Å². The van der Waals surface area contributed by atoms with E-state index in [0.717, 1.165) is 21.6 Å². The third-order valence-electron chi connectivity index (χ3n) is 2.52. The van der Waals surface area contributed by atoms with Crippen LogP contribution in [0.25, 0.3) is 21.6 Å². The Balaban J connectivity index is 2.22. The number of fused-ring (bicyclic) bond motifs is 1. The summed E-state index contributed by atoms with van der Waals surface area (Å²) >= 11 is 1.69. The Labute approximate surface area is 97.6 Å². The van der Waals surface area contributed by atoms with Crippen molar-refractivity contribution < 1.29 is 0 Å². The van der Waals surface area contributed by atoms with Gasteiger partial charge in [-0.25, -0.2) is 9.97 Å². The lowest BCUT2D eigenvalue weighted by atomic mass is 10.2. The molecule has 2 heterocycles. The SMILES string of the molecule is Cc1csc2cnc(-c3ccccc3)nc12. The summed E-state index contributed by atoms with van der Waals surface area (Å²) in [6.07, 6.45) is 1.91. The molecule has 16 heavy (non-hydrogen) atoms. The number of hydrogen-bond donors (Lipinski definition) is 0. The summed E-state index contributed by atoms with van der Waals surface area (Å²) in [6, 6.07) is 10.1. The summed E-state index contributed by atoms with van der Waals surface area (Å²) < 4.78 is 1.15. The third kappa shape index (κ3) is 1.49. The van der Waals surface area contributed by atoms with Crippen LogP contribution in [0.1, 0.15) is 5.56 Å². The van der Waals surface area contributed by atoms with Crippen molar-refractivity contribution in [3.05, 3.63) is 47.5 Å². The van der Waals surface area contributed by atoms with Crippen molar-refractivity contribution >= 4 is 21.6 Å². The van der Waals surface area contributed by atoms with E-state index < -0.39 is 0 Å². The van der Waals surface area contributed by atoms with Gasteiger partial charge in [-0.05, 0) is 17.9 Å². The maximum absolute atomic E-state index is 4.60. The molecule has 0 saturated heterocycles. The quantitative estimate of drug-likeness (QED) is 0.632. The molecule has 0 aliphatic carbocycles. The van der Waals surface area contributed by atoms with E-state index in [1.54, 1.807) is 11.3 Å². The van der Waals surface area contributed by atoms with Crippen molar-refractivity contribution in [1.82, 2.24) is 9.97 Å². The van der Waals surface area contributed by atoms with Crippen LogP contribution in [0, 0.1) is 6.92 Å². The summed E-state index contributed by atoms with van der Waals surface area (Å²) in [6.45, 7) is 2.08. The van der Waals surface area contributed by atoms with Gasteiger partial charge in [0.15, 0.2) is 5.82 Å². The maximum Gasteiger partial charge on any atom is 0.159 e. The van der Waals surface area contributed by atoms with Gasteiger partial charge in [-0.1, -0.05) is 30.3 Å². The molecule has 2 nitrogen and oxygen atoms in total. The topological polar surface area (TPSA) is 25.8 Å². The molecule has 1 aromatic carbocycles. The van der Waals surface area contributed by atoms with E-state index in [2.05, 4.69) is 22.3 Å². The molecule has 0 spiro atoms. The number of rotatable bonds is 1. The van der Waals surface area contributed by atoms with Crippen LogP contribution in [0.3, 0.4) is 0 Å². The number of hydrogen-bond acceptors (Lipinski definition) is 3. The molecule has 3 rings (SSSR count). The minimum Gasteiger partial charge on any atom is -0.235 e. The zero-order valence-corrected chi connectivity index (χ0v) is 9.66. The highest BCUT2D eigenvalue weighted by Crippen LogP contribution is 2.25. The van der Waals surface area contributed by atoms with Crippen molar-refractivity contribution in [3.63, 3.8) is 0 Å². The van der Waals surface area contributed by atoms with Crippen LogP contribution in [0.15, 0.2) is 41.9 Å². The van der Waals surface area contributed by atoms with Gasteiger partial charge in [-0.2, -0.15) is 0 Å². The van der Waals surface area contributed by atoms with Gasteiger partial charge in [0.05, 0.1) is 10.2 Å². The zero-order chi connectivity index (χ0) is 11.0. The fourth-order valence-electron chi connectivity index (χ4n) is 1.67. The van der Waals surface area contributed by atoms with Gasteiger partial charge >= 0.3 is 0 Å². The van der Waals surface area contributed by atoms with Crippen molar-refractivity contribution in [2.75, 3.05) is 0 Å². The minimum atomic E-state index is 0.801. The van der Waals surface area contributed by atoms with Gasteiger partial charge in [0.1, 0.15) is 0 Å². The van der Waals surface area contributed by atoms with E-state index in [4.69, 9.17) is 0 Å². The van der Waals surface area contributed by atoms with E-state index >= 15 is 0 Å². The highest BCUT2D eigenvalue weighted by molar-refractivity contribution is 7.17. The average molecular weight is 226 g/mol. The molecule has 3 aromatic rings. The molecule has 0 bridgehead atoms. The Bertz CT molecular complexity index is 629. The summed E-state index contributed by atoms with van der Waals surface area (Å²) in [5, 5.41) is 2.12. The second kappa shape index (κ2) is 3.68. The second-order valence-corrected chi connectivity index (χ2v) is 4.60. The highest BCUT2D eigenvalue weighted by Gasteiger charge is 2.05. The number of nitrogens with zero attached hydrogens (tertiary/aromatic N) is 2. The van der Waals surface area contributed by atoms with Crippen LogP contribution in [0.2, 0.25) is 0 Å². The van der Waals surface area contributed by atoms with Crippen molar-refractivity contribution in [2.45, 2.75) is 6.92 Å². The standard InChI is InChI=1S/C13H10N2S/c1-9-8-16-11-7-14-13(15-12(9)11)10-5-3-2-4-6-10/h2-8H,1H3. The first-order valence-corrected chi connectivity index (χ1v) is 5.99. The van der Waals surface area contributed by atoms with Gasteiger partial charge < -0.3 is 0 Å². The highest BCUT2D eigenvalue weighted by atomic mass is 32.1. The number of benzene rings is 1. The lowest BCUT2D eigenvalue weighted by Crippen LogP contribution is -1.88. The zero-order valence-electron chi connectivity index (χ0n) is 8.84. The summed E-state index contributed by atoms with van der Waals surface area (Å²) in [7, 11) is 0. The third-order valence-corrected chi connectivity index (χ3v) is 3.55. The van der Waals surface area contributed by atoms with Gasteiger partial charge in [0, 0.05) is 11.8 Å². The van der Waals surface area contributed by atoms with Crippen LogP contribution >= 0.6 is 11.3 Å². The van der Waals surface area contributed by atoms with Gasteiger partial charge in [0.2, 0.25) is 0 Å². The van der Waals surface area contributed by atoms with Crippen molar-refractivity contribution in [3.8, 4) is 11.4 Å². The largest absolute Gasteiger partial charge is 0.235 e. The predicted octanol–water partition coefficient (Wildman–Crippen LogP) is 3.67. The van der Waals surface area contributed by atoms with Gasteiger partial charge in [-0.3, -0.25) is 0 Å². The predicted molar refractivity (Wildman–Crippen MR) is 67.6 cm³/mol. The molecule has 0 aliphatic rings. The Morgan fingerprint density at radius 2 is 1.94 bits per heavy atom. The van der Waals surface area contributed by atoms with E-state index in [-0.39, 0.29) is 0 Å². The molecule has 0 saturated carbocycles. The molecule has 0 fully saturated rings. The molecule has 2 aromatic heterocycles. The number of thiophene rings is 1. The maximum atomic E-state index is 4.60. The van der Waals surface area contributed by atoms with Crippen molar-refractivity contribution in [1.29, 1.82) is 0 Å². The van der Waals surface area contributed by atoms with Crippen LogP contribution in [-0.2, 0) is 0 Å². The second-order valence-electron chi connectivity index (χ2n) is 3.69. The van der Waals surface area contributed by atoms with Crippen LogP contribution in [0.5, 0.6) is 0 Å². The fourth-order valence-corrected chi connectivity index (χ4v) is 2.52. The Morgan fingerprint density at radius 3 is 2.75 bits per heavy atom. The van der Waals surface area contributed by atoms with E-state index in [9.17, 15) is 0 Å². The van der Waals surface area contributed by atoms with Crippen LogP contribution in [0.4, 0.5) is 0 Å². The molecule has 0 amide bonds. The first kappa shape index (κ1) is 9.48. The molecular weight excluding hydrogens is 216 g/mol. The fraction of sp³-hybridized carbons (Fsp3) is 0.0769. The lowest BCUT2D eigenvalue weighted by Gasteiger charge is -1.99. The molecule has 78 valence electrons. The Morgan fingerprint density at radius 1 is 1.12 bits per heavy atom. The Kier molecular flexibility index (Phi) is 2.18. The smallest absolute Gasteiger partial charge is 0.159 e. The molecule has 0 N–H and O–H groups in total. The van der Waals surface area contributed by atoms with E-state index in [0.29, 0.717) is 0 Å². The van der Waals surface area contributed by atoms with E-state index in [1.165, 1.54) is 5.56 Å². The van der Waals surface area contributed by atoms with Crippen LogP contribution < -0.4 is 0 Å². The van der Waals surface area contributed by atoms with Crippen molar-refractivity contribution in [2.24, 2.45) is 0 Å². The monoisotopic (exact) mass is 226 g/mol. The minimum absolute atomic E-state index is 0.801. The van der Waals surface area contributed by atoms with Gasteiger partial charge in [-0.15, -0.1) is 11.3 Å². The summed E-state index contributed by atoms with van der Waals surface area (Å²) in [5.74, 6) is 0.801. The molecule has 3 heteroatoms. The summed E-state index contributed by atoms with van der Waals surface area (Å²) in [4.78, 5) is 8.99. The number of aromatic nitrogens is 2. The molecule has 0 radical (unpaired) electrons. The normalized spacial score (nSPS) is 10.8. The molecule has 0 unspecified atom stereocenters. The first-order chi connectivity index (χ1) is 7.84. The lowest BCUT2D eigenvalue weighted by molar-refractivity contribution is 1.23. The molecule has 0 aliphatic heterocycles. The molecule has 0 atom stereocenters. The van der Waals surface area contributed by atoms with E-state index in [1.807, 2.05) is 36.5 Å². The average Bonchev–Trinajstić information content (AvgIpc) is 2.72. The summed E-state index contributed by atoms with van der Waals surface area (Å²) in [5.41, 5.74) is 3.36. The number of aryl methyl sites for hydroxylation is 1. The molecular formula is C13H10N2S. The first-order valence-electron chi connectivity index (χ1n) is 5.11. The van der Waals surface area contributed by atoms with Crippen LogP contribution in [-0.4, -0.2) is 9.97 Å².